The summed E-state index contributed by atoms with van der Waals surface area (Å²) in [4.78, 5) is 26.8. The average molecular weight is 552 g/mol. The van der Waals surface area contributed by atoms with Gasteiger partial charge in [-0.05, 0) is 65.8 Å². The van der Waals surface area contributed by atoms with Crippen molar-refractivity contribution >= 4 is 87.3 Å². The van der Waals surface area contributed by atoms with Gasteiger partial charge in [-0.15, -0.1) is 0 Å². The minimum atomic E-state index is -0.613. The van der Waals surface area contributed by atoms with Gasteiger partial charge in [-0.1, -0.05) is 70.7 Å². The maximum atomic E-state index is 13.2. The van der Waals surface area contributed by atoms with Crippen LogP contribution in [0.15, 0.2) is 66.2 Å². The van der Waals surface area contributed by atoms with Crippen molar-refractivity contribution in [3.63, 3.8) is 0 Å². The highest BCUT2D eigenvalue weighted by Gasteiger charge is 2.35. The zero-order valence-electron chi connectivity index (χ0n) is 17.2. The SMILES string of the molecule is O=C1NC(=S)N(c2cccc(Cl)c2Cl)C(=O)/C1=C/c1ccc(OCc2ccc(Cl)c(Cl)c2)cc1. The van der Waals surface area contributed by atoms with Crippen molar-refractivity contribution in [3.8, 4) is 5.75 Å². The minimum Gasteiger partial charge on any atom is -0.489 e. The van der Waals surface area contributed by atoms with Crippen LogP contribution >= 0.6 is 58.6 Å². The van der Waals surface area contributed by atoms with E-state index >= 15 is 0 Å². The van der Waals surface area contributed by atoms with Gasteiger partial charge < -0.3 is 4.74 Å². The quantitative estimate of drug-likeness (QED) is 0.217. The van der Waals surface area contributed by atoms with E-state index in [1.54, 1.807) is 54.6 Å². The van der Waals surface area contributed by atoms with Crippen LogP contribution in [0.25, 0.3) is 6.08 Å². The molecule has 3 aromatic carbocycles. The van der Waals surface area contributed by atoms with E-state index in [4.69, 9.17) is 63.4 Å². The molecule has 4 rings (SSSR count). The molecule has 1 N–H and O–H groups in total. The van der Waals surface area contributed by atoms with E-state index in [-0.39, 0.29) is 26.4 Å². The molecule has 1 aliphatic heterocycles. The smallest absolute Gasteiger partial charge is 0.270 e. The van der Waals surface area contributed by atoms with Gasteiger partial charge in [0.05, 0.1) is 25.8 Å². The van der Waals surface area contributed by atoms with E-state index in [1.807, 2.05) is 6.07 Å². The molecule has 0 spiro atoms. The number of halogens is 4. The van der Waals surface area contributed by atoms with Crippen molar-refractivity contribution in [3.05, 3.63) is 97.5 Å². The molecule has 1 heterocycles. The molecular formula is C24H14Cl4N2O3S. The Bertz CT molecular complexity index is 1340. The number of amides is 2. The first-order valence-corrected chi connectivity index (χ1v) is 11.7. The molecule has 1 aliphatic rings. The number of anilines is 1. The zero-order chi connectivity index (χ0) is 24.4. The topological polar surface area (TPSA) is 58.6 Å². The van der Waals surface area contributed by atoms with Crippen LogP contribution in [-0.4, -0.2) is 16.9 Å². The Morgan fingerprint density at radius 3 is 2.35 bits per heavy atom. The second-order valence-corrected chi connectivity index (χ2v) is 9.12. The molecular weight excluding hydrogens is 538 g/mol. The predicted octanol–water partition coefficient (Wildman–Crippen LogP) is 6.71. The van der Waals surface area contributed by atoms with Gasteiger partial charge in [0, 0.05) is 0 Å². The molecule has 5 nitrogen and oxygen atoms in total. The Labute approximate surface area is 220 Å². The molecule has 172 valence electrons. The number of carbonyl (C=O) groups excluding carboxylic acids is 2. The van der Waals surface area contributed by atoms with Gasteiger partial charge in [-0.25, -0.2) is 0 Å². The maximum absolute atomic E-state index is 13.2. The predicted molar refractivity (Wildman–Crippen MR) is 140 cm³/mol. The number of nitrogens with zero attached hydrogens (tertiary/aromatic N) is 1. The van der Waals surface area contributed by atoms with Crippen molar-refractivity contribution in [2.45, 2.75) is 6.61 Å². The fourth-order valence-electron chi connectivity index (χ4n) is 3.16. The van der Waals surface area contributed by atoms with E-state index in [0.29, 0.717) is 28.0 Å². The maximum Gasteiger partial charge on any atom is 0.270 e. The van der Waals surface area contributed by atoms with E-state index in [0.717, 1.165) is 10.5 Å². The molecule has 0 saturated carbocycles. The van der Waals surface area contributed by atoms with Crippen LogP contribution in [0, 0.1) is 0 Å². The van der Waals surface area contributed by atoms with Crippen LogP contribution in [-0.2, 0) is 16.2 Å². The van der Waals surface area contributed by atoms with Crippen molar-refractivity contribution in [1.82, 2.24) is 5.32 Å². The van der Waals surface area contributed by atoms with E-state index in [2.05, 4.69) is 5.32 Å². The molecule has 0 aromatic heterocycles. The van der Waals surface area contributed by atoms with Gasteiger partial charge in [0.2, 0.25) is 0 Å². The van der Waals surface area contributed by atoms with Crippen LogP contribution < -0.4 is 15.0 Å². The fraction of sp³-hybridized carbons (Fsp3) is 0.0417. The molecule has 0 bridgehead atoms. The average Bonchev–Trinajstić information content (AvgIpc) is 2.81. The number of hydrogen-bond donors (Lipinski definition) is 1. The van der Waals surface area contributed by atoms with E-state index < -0.39 is 11.8 Å². The fourth-order valence-corrected chi connectivity index (χ4v) is 4.14. The molecule has 0 radical (unpaired) electrons. The van der Waals surface area contributed by atoms with E-state index in [9.17, 15) is 9.59 Å². The molecule has 0 unspecified atom stereocenters. The first-order valence-electron chi connectivity index (χ1n) is 9.77. The Morgan fingerprint density at radius 1 is 0.912 bits per heavy atom. The van der Waals surface area contributed by atoms with Crippen LogP contribution in [0.2, 0.25) is 20.1 Å². The standard InChI is InChI=1S/C24H14Cl4N2O3S/c25-17-9-6-14(11-19(17)27)12-33-15-7-4-13(5-8-15)10-16-22(31)29-24(34)30(23(16)32)20-3-1-2-18(26)21(20)28/h1-11H,12H2,(H,29,31,34)/b16-10+. The van der Waals surface area contributed by atoms with Crippen LogP contribution in [0.1, 0.15) is 11.1 Å². The number of benzene rings is 3. The highest BCUT2D eigenvalue weighted by Crippen LogP contribution is 2.34. The van der Waals surface area contributed by atoms with Crippen molar-refractivity contribution in [2.75, 3.05) is 4.90 Å². The second-order valence-electron chi connectivity index (χ2n) is 7.14. The normalized spacial score (nSPS) is 15.0. The number of hydrogen-bond acceptors (Lipinski definition) is 4. The second kappa shape index (κ2) is 10.3. The van der Waals surface area contributed by atoms with Crippen molar-refractivity contribution < 1.29 is 14.3 Å². The van der Waals surface area contributed by atoms with Gasteiger partial charge in [-0.2, -0.15) is 0 Å². The summed E-state index contributed by atoms with van der Waals surface area (Å²) in [5, 5.41) is 3.77. The summed E-state index contributed by atoms with van der Waals surface area (Å²) in [7, 11) is 0. The largest absolute Gasteiger partial charge is 0.489 e. The highest BCUT2D eigenvalue weighted by atomic mass is 35.5. The van der Waals surface area contributed by atoms with Gasteiger partial charge in [0.25, 0.3) is 11.8 Å². The van der Waals surface area contributed by atoms with Gasteiger partial charge in [-0.3, -0.25) is 19.8 Å². The lowest BCUT2D eigenvalue weighted by Gasteiger charge is -2.29. The minimum absolute atomic E-state index is 0.0811. The Kier molecular flexibility index (Phi) is 7.45. The summed E-state index contributed by atoms with van der Waals surface area (Å²) in [5.41, 5.74) is 1.65. The summed E-state index contributed by atoms with van der Waals surface area (Å²) >= 11 is 29.5. The van der Waals surface area contributed by atoms with Gasteiger partial charge in [0.15, 0.2) is 5.11 Å². The lowest BCUT2D eigenvalue weighted by Crippen LogP contribution is -2.54. The first-order chi connectivity index (χ1) is 16.2. The summed E-state index contributed by atoms with van der Waals surface area (Å²) in [6, 6.07) is 17.0. The lowest BCUT2D eigenvalue weighted by molar-refractivity contribution is -0.122. The zero-order valence-corrected chi connectivity index (χ0v) is 21.0. The van der Waals surface area contributed by atoms with Crippen LogP contribution in [0.5, 0.6) is 5.75 Å². The third-order valence-electron chi connectivity index (χ3n) is 4.85. The Balaban J connectivity index is 1.53. The number of ether oxygens (including phenoxy) is 1. The van der Waals surface area contributed by atoms with Gasteiger partial charge >= 0.3 is 0 Å². The first kappa shape index (κ1) is 24.5. The molecule has 2 amide bonds. The van der Waals surface area contributed by atoms with E-state index in [1.165, 1.54) is 6.08 Å². The summed E-state index contributed by atoms with van der Waals surface area (Å²) < 4.78 is 5.77. The summed E-state index contributed by atoms with van der Waals surface area (Å²) in [6.07, 6.45) is 1.47. The molecule has 10 heteroatoms. The lowest BCUT2D eigenvalue weighted by atomic mass is 10.1. The molecule has 0 aliphatic carbocycles. The monoisotopic (exact) mass is 550 g/mol. The summed E-state index contributed by atoms with van der Waals surface area (Å²) in [5.74, 6) is -0.622. The van der Waals surface area contributed by atoms with Gasteiger partial charge in [0.1, 0.15) is 17.9 Å². The number of carbonyl (C=O) groups is 2. The molecule has 1 saturated heterocycles. The third-order valence-corrected chi connectivity index (χ3v) is 6.69. The van der Waals surface area contributed by atoms with Crippen LogP contribution in [0.4, 0.5) is 5.69 Å². The molecule has 34 heavy (non-hydrogen) atoms. The van der Waals surface area contributed by atoms with Crippen molar-refractivity contribution in [1.29, 1.82) is 0 Å². The Hall–Kier alpha value is -2.61. The Morgan fingerprint density at radius 2 is 1.65 bits per heavy atom. The molecule has 0 atom stereocenters. The summed E-state index contributed by atoms with van der Waals surface area (Å²) in [6.45, 7) is 0.297. The van der Waals surface area contributed by atoms with Crippen LogP contribution in [0.3, 0.4) is 0 Å². The number of thiocarbonyl (C=S) groups is 1. The molecule has 1 fully saturated rings. The number of nitrogens with one attached hydrogen (secondary N) is 1. The third kappa shape index (κ3) is 5.22. The number of rotatable bonds is 5. The highest BCUT2D eigenvalue weighted by molar-refractivity contribution is 7.80. The van der Waals surface area contributed by atoms with Crippen molar-refractivity contribution in [2.24, 2.45) is 0 Å². The molecule has 3 aromatic rings.